The number of ether oxygens (including phenoxy) is 1. The zero-order valence-electron chi connectivity index (χ0n) is 17.2. The van der Waals surface area contributed by atoms with Crippen molar-refractivity contribution in [2.24, 2.45) is 7.05 Å². The van der Waals surface area contributed by atoms with Crippen LogP contribution in [0.5, 0.6) is 11.5 Å². The topological polar surface area (TPSA) is 131 Å². The number of nitrogens with zero attached hydrogens (tertiary/aromatic N) is 3. The van der Waals surface area contributed by atoms with E-state index in [1.165, 1.54) is 36.3 Å². The number of carbonyl (C=O) groups excluding carboxylic acids is 1. The van der Waals surface area contributed by atoms with Gasteiger partial charge in [0.15, 0.2) is 17.3 Å². The maximum atomic E-state index is 14.5. The highest BCUT2D eigenvalue weighted by atomic mass is 35.5. The summed E-state index contributed by atoms with van der Waals surface area (Å²) in [5.41, 5.74) is 2.81. The molecule has 5 N–H and O–H groups in total. The number of carbonyl (C=O) groups is 1. The third-order valence-electron chi connectivity index (χ3n) is 4.21. The van der Waals surface area contributed by atoms with Crippen LogP contribution >= 0.6 is 11.6 Å². The molecular formula is C20H16ClF4N7O2. The van der Waals surface area contributed by atoms with E-state index in [4.69, 9.17) is 27.5 Å². The molecule has 178 valence electrons. The molecule has 0 aliphatic heterocycles. The molecule has 0 aliphatic carbocycles. The number of allylic oxidation sites excluding steroid dienone is 1. The Hall–Kier alpha value is -4.13. The zero-order valence-corrected chi connectivity index (χ0v) is 18.0. The van der Waals surface area contributed by atoms with E-state index >= 15 is 0 Å². The number of alkyl halides is 3. The van der Waals surface area contributed by atoms with Crippen LogP contribution in [0.15, 0.2) is 54.1 Å². The Balaban J connectivity index is 1.85. The Morgan fingerprint density at radius 1 is 1.24 bits per heavy atom. The first-order valence-corrected chi connectivity index (χ1v) is 9.63. The van der Waals surface area contributed by atoms with Crippen LogP contribution in [0.3, 0.4) is 0 Å². The number of aryl methyl sites for hydroxylation is 1. The highest BCUT2D eigenvalue weighted by Gasteiger charge is 2.38. The van der Waals surface area contributed by atoms with Gasteiger partial charge in [0.1, 0.15) is 16.5 Å². The van der Waals surface area contributed by atoms with Gasteiger partial charge in [-0.15, -0.1) is 0 Å². The number of halogens is 5. The van der Waals surface area contributed by atoms with Crippen molar-refractivity contribution in [3.05, 3.63) is 65.0 Å². The Morgan fingerprint density at radius 2 is 1.97 bits per heavy atom. The zero-order chi connectivity index (χ0) is 25.0. The highest BCUT2D eigenvalue weighted by molar-refractivity contribution is 6.34. The number of hydrogen-bond donors (Lipinski definition) is 4. The number of anilines is 3. The molecule has 0 saturated heterocycles. The van der Waals surface area contributed by atoms with Crippen LogP contribution in [0.4, 0.5) is 34.8 Å². The van der Waals surface area contributed by atoms with E-state index in [9.17, 15) is 22.4 Å². The molecule has 0 bridgehead atoms. The van der Waals surface area contributed by atoms with Gasteiger partial charge in [-0.25, -0.2) is 9.37 Å². The molecular weight excluding hydrogens is 482 g/mol. The number of nitrogens with one attached hydrogen (secondary N) is 3. The number of amides is 1. The minimum absolute atomic E-state index is 0.0233. The van der Waals surface area contributed by atoms with Crippen LogP contribution in [-0.4, -0.2) is 33.1 Å². The van der Waals surface area contributed by atoms with Gasteiger partial charge >= 0.3 is 6.18 Å². The summed E-state index contributed by atoms with van der Waals surface area (Å²) >= 11 is 5.95. The first kappa shape index (κ1) is 24.5. The lowest BCUT2D eigenvalue weighted by molar-refractivity contribution is -0.114. The third kappa shape index (κ3) is 5.61. The maximum Gasteiger partial charge on any atom is 0.432 e. The monoisotopic (exact) mass is 497 g/mol. The fourth-order valence-corrected chi connectivity index (χ4v) is 2.82. The highest BCUT2D eigenvalue weighted by Crippen LogP contribution is 2.34. The second kappa shape index (κ2) is 9.79. The van der Waals surface area contributed by atoms with Crippen LogP contribution < -0.4 is 21.1 Å². The normalized spacial score (nSPS) is 12.1. The fraction of sp³-hybridized carbons (Fsp3) is 0.100. The van der Waals surface area contributed by atoms with Crippen LogP contribution in [0.1, 0.15) is 0 Å². The molecule has 2 heterocycles. The summed E-state index contributed by atoms with van der Waals surface area (Å²) in [7, 11) is 1.49. The van der Waals surface area contributed by atoms with Crippen LogP contribution in [-0.2, 0) is 11.8 Å². The largest absolute Gasteiger partial charge is 0.453 e. The van der Waals surface area contributed by atoms with Gasteiger partial charge in [0.05, 0.1) is 17.5 Å². The number of hydrogen-bond acceptors (Lipinski definition) is 7. The minimum Gasteiger partial charge on any atom is -0.453 e. The lowest BCUT2D eigenvalue weighted by Gasteiger charge is -2.17. The minimum atomic E-state index is -5.01. The Labute approximate surface area is 194 Å². The Bertz CT molecular complexity index is 1270. The summed E-state index contributed by atoms with van der Waals surface area (Å²) in [6, 6.07) is 4.50. The average molecular weight is 498 g/mol. The molecule has 34 heavy (non-hydrogen) atoms. The molecule has 2 aromatic heterocycles. The van der Waals surface area contributed by atoms with Crippen molar-refractivity contribution >= 4 is 40.9 Å². The van der Waals surface area contributed by atoms with Crippen molar-refractivity contribution in [2.45, 2.75) is 6.18 Å². The van der Waals surface area contributed by atoms with Crippen molar-refractivity contribution in [2.75, 3.05) is 16.4 Å². The number of pyridine rings is 1. The van der Waals surface area contributed by atoms with Crippen LogP contribution in [0.25, 0.3) is 0 Å². The Morgan fingerprint density at radius 3 is 2.56 bits per heavy atom. The van der Waals surface area contributed by atoms with Gasteiger partial charge in [-0.3, -0.25) is 9.48 Å². The van der Waals surface area contributed by atoms with Crippen molar-refractivity contribution in [3.63, 3.8) is 0 Å². The maximum absolute atomic E-state index is 14.5. The average Bonchev–Trinajstić information content (AvgIpc) is 3.17. The molecule has 0 atom stereocenters. The first-order chi connectivity index (χ1) is 16.0. The van der Waals surface area contributed by atoms with E-state index in [1.54, 1.807) is 0 Å². The quantitative estimate of drug-likeness (QED) is 0.216. The standard InChI is InChI=1S/C20H16ClF4N7O2/c1-32-9-11(8-29-32)30-17(20(23,24)25)12(7-26)19(33)31-10-2-3-14(13(22)6-10)34-15-4-5-28-18(27)16(15)21/h2-9,26,30H,1H3,(H2,27,28)(H,31,33)/b17-12+,26-7?. The molecule has 3 aromatic rings. The molecule has 0 radical (unpaired) electrons. The molecule has 0 unspecified atom stereocenters. The number of benzene rings is 1. The molecule has 1 amide bonds. The van der Waals surface area contributed by atoms with Crippen LogP contribution in [0, 0.1) is 11.2 Å². The van der Waals surface area contributed by atoms with Gasteiger partial charge in [0, 0.05) is 43.5 Å². The van der Waals surface area contributed by atoms with E-state index in [-0.39, 0.29) is 39.9 Å². The molecule has 0 aliphatic rings. The molecule has 1 aromatic carbocycles. The fourth-order valence-electron chi connectivity index (χ4n) is 2.67. The Kier molecular flexibility index (Phi) is 7.05. The summed E-state index contributed by atoms with van der Waals surface area (Å²) < 4.78 is 61.9. The predicted octanol–water partition coefficient (Wildman–Crippen LogP) is 4.50. The van der Waals surface area contributed by atoms with E-state index in [1.807, 2.05) is 0 Å². The van der Waals surface area contributed by atoms with Crippen molar-refractivity contribution in [3.8, 4) is 11.5 Å². The van der Waals surface area contributed by atoms with E-state index in [0.29, 0.717) is 0 Å². The molecule has 0 spiro atoms. The van der Waals surface area contributed by atoms with Crippen molar-refractivity contribution in [1.82, 2.24) is 14.8 Å². The van der Waals surface area contributed by atoms with Gasteiger partial charge in [-0.2, -0.15) is 18.3 Å². The summed E-state index contributed by atoms with van der Waals surface area (Å²) in [6.45, 7) is 0. The summed E-state index contributed by atoms with van der Waals surface area (Å²) in [5.74, 6) is -2.54. The van der Waals surface area contributed by atoms with Gasteiger partial charge < -0.3 is 26.5 Å². The molecule has 0 fully saturated rings. The number of rotatable bonds is 7. The molecule has 0 saturated carbocycles. The van der Waals surface area contributed by atoms with Gasteiger partial charge in [-0.1, -0.05) is 11.6 Å². The smallest absolute Gasteiger partial charge is 0.432 e. The lowest BCUT2D eigenvalue weighted by Crippen LogP contribution is -2.27. The summed E-state index contributed by atoms with van der Waals surface area (Å²) in [6.07, 6.45) is -1.10. The van der Waals surface area contributed by atoms with Crippen LogP contribution in [0.2, 0.25) is 5.02 Å². The molecule has 9 nitrogen and oxygen atoms in total. The van der Waals surface area contributed by atoms with Gasteiger partial charge in [0.25, 0.3) is 5.91 Å². The van der Waals surface area contributed by atoms with E-state index in [2.05, 4.69) is 20.7 Å². The third-order valence-corrected chi connectivity index (χ3v) is 4.59. The second-order valence-corrected chi connectivity index (χ2v) is 7.05. The summed E-state index contributed by atoms with van der Waals surface area (Å²) in [4.78, 5) is 16.3. The predicted molar refractivity (Wildman–Crippen MR) is 117 cm³/mol. The van der Waals surface area contributed by atoms with Gasteiger partial charge in [-0.05, 0) is 12.1 Å². The van der Waals surface area contributed by atoms with E-state index < -0.39 is 29.2 Å². The van der Waals surface area contributed by atoms with Gasteiger partial charge in [0.2, 0.25) is 0 Å². The number of nitrogens with two attached hydrogens (primary N) is 1. The van der Waals surface area contributed by atoms with Crippen molar-refractivity contribution in [1.29, 1.82) is 5.41 Å². The summed E-state index contributed by atoms with van der Waals surface area (Å²) in [5, 5.41) is 15.2. The lowest BCUT2D eigenvalue weighted by atomic mass is 10.1. The first-order valence-electron chi connectivity index (χ1n) is 9.26. The number of nitrogen functional groups attached to an aromatic ring is 1. The molecule has 3 rings (SSSR count). The number of aromatic nitrogens is 3. The SMILES string of the molecule is Cn1cc(N/C(=C(\C=N)C(=O)Nc2ccc(Oc3ccnc(N)c3Cl)c(F)c2)C(F)(F)F)cn1. The van der Waals surface area contributed by atoms with Crippen molar-refractivity contribution < 1.29 is 27.1 Å². The molecule has 14 heteroatoms. The second-order valence-electron chi connectivity index (χ2n) is 6.67. The van der Waals surface area contributed by atoms with E-state index in [0.717, 1.165) is 18.3 Å².